The van der Waals surface area contributed by atoms with E-state index in [1.807, 2.05) is 13.8 Å². The number of hydrogen-bond donors (Lipinski definition) is 6. The number of nitrogens with one attached hydrogen (secondary N) is 4. The molecule has 1 unspecified atom stereocenters. The van der Waals surface area contributed by atoms with Crippen molar-refractivity contribution in [3.63, 3.8) is 0 Å². The van der Waals surface area contributed by atoms with Gasteiger partial charge in [0.15, 0.2) is 11.5 Å². The average molecular weight is 595 g/mol. The third kappa shape index (κ3) is 10.1. The van der Waals surface area contributed by atoms with Gasteiger partial charge in [-0.25, -0.2) is 14.2 Å². The molecule has 1 atom stereocenters. The number of anilines is 2. The second-order valence-corrected chi connectivity index (χ2v) is 8.62. The van der Waals surface area contributed by atoms with Gasteiger partial charge in [0.05, 0.1) is 12.7 Å². The molecular formula is C27H30F4N6O5. The van der Waals surface area contributed by atoms with Crippen LogP contribution in [0.25, 0.3) is 0 Å². The molecule has 15 heteroatoms. The normalized spacial score (nSPS) is 11.4. The zero-order chi connectivity index (χ0) is 31.4. The summed E-state index contributed by atoms with van der Waals surface area (Å²) in [6.45, 7) is 5.79. The van der Waals surface area contributed by atoms with Crippen LogP contribution in [0.5, 0.6) is 11.5 Å². The predicted octanol–water partition coefficient (Wildman–Crippen LogP) is 4.62. The van der Waals surface area contributed by atoms with Gasteiger partial charge in [0.25, 0.3) is 5.91 Å². The van der Waals surface area contributed by atoms with E-state index in [9.17, 15) is 18.0 Å². The molecule has 0 spiro atoms. The van der Waals surface area contributed by atoms with E-state index in [0.29, 0.717) is 29.4 Å². The molecular weight excluding hydrogens is 564 g/mol. The Morgan fingerprint density at radius 2 is 1.74 bits per heavy atom. The molecule has 1 aromatic heterocycles. The summed E-state index contributed by atoms with van der Waals surface area (Å²) in [7, 11) is 0. The highest BCUT2D eigenvalue weighted by Gasteiger charge is 2.38. The van der Waals surface area contributed by atoms with Crippen molar-refractivity contribution in [2.24, 2.45) is 5.73 Å². The number of aromatic nitrogens is 1. The Morgan fingerprint density at radius 3 is 2.24 bits per heavy atom. The molecule has 0 radical (unpaired) electrons. The number of nitrogens with two attached hydrogens (primary N) is 1. The van der Waals surface area contributed by atoms with Crippen molar-refractivity contribution in [1.82, 2.24) is 10.4 Å². The van der Waals surface area contributed by atoms with Gasteiger partial charge in [-0.1, -0.05) is 6.07 Å². The lowest BCUT2D eigenvalue weighted by atomic mass is 10.0. The van der Waals surface area contributed by atoms with Crippen LogP contribution in [0.15, 0.2) is 60.8 Å². The van der Waals surface area contributed by atoms with E-state index in [-0.39, 0.29) is 23.3 Å². The van der Waals surface area contributed by atoms with E-state index in [2.05, 4.69) is 21.2 Å². The summed E-state index contributed by atoms with van der Waals surface area (Å²) >= 11 is 0. The van der Waals surface area contributed by atoms with Crippen molar-refractivity contribution in [2.45, 2.75) is 39.1 Å². The minimum atomic E-state index is -5.08. The van der Waals surface area contributed by atoms with Crippen molar-refractivity contribution in [3.05, 3.63) is 77.7 Å². The van der Waals surface area contributed by atoms with Crippen LogP contribution < -0.4 is 31.4 Å². The van der Waals surface area contributed by atoms with Gasteiger partial charge in [0.1, 0.15) is 23.5 Å². The molecule has 0 saturated carbocycles. The summed E-state index contributed by atoms with van der Waals surface area (Å²) in [5.41, 5.74) is 11.9. The van der Waals surface area contributed by atoms with Crippen LogP contribution in [0, 0.1) is 11.2 Å². The Hall–Kier alpha value is -5.08. The minimum Gasteiger partial charge on any atom is -0.490 e. The maximum atomic E-state index is 15.3. The highest BCUT2D eigenvalue weighted by molar-refractivity contribution is 5.95. The molecule has 226 valence electrons. The number of carbonyl (C=O) groups is 2. The number of alkyl halides is 3. The quantitative estimate of drug-likeness (QED) is 0.0802. The van der Waals surface area contributed by atoms with E-state index in [1.165, 1.54) is 12.1 Å². The molecule has 0 aliphatic heterocycles. The second-order valence-electron chi connectivity index (χ2n) is 8.62. The van der Waals surface area contributed by atoms with Gasteiger partial charge >= 0.3 is 12.1 Å². The van der Waals surface area contributed by atoms with Crippen LogP contribution in [0.3, 0.4) is 0 Å². The van der Waals surface area contributed by atoms with Crippen LogP contribution in [0.1, 0.15) is 37.9 Å². The number of ether oxygens (including phenoxy) is 2. The largest absolute Gasteiger partial charge is 0.490 e. The van der Waals surface area contributed by atoms with E-state index in [0.717, 1.165) is 0 Å². The predicted molar refractivity (Wildman–Crippen MR) is 147 cm³/mol. The molecule has 2 aromatic carbocycles. The number of aliphatic carboxylic acids is 1. The molecule has 11 nitrogen and oxygen atoms in total. The van der Waals surface area contributed by atoms with Gasteiger partial charge in [-0.15, -0.1) is 0 Å². The van der Waals surface area contributed by atoms with Crippen molar-refractivity contribution < 1.29 is 41.7 Å². The number of nitrogen functional groups attached to an aromatic ring is 1. The van der Waals surface area contributed by atoms with E-state index in [1.54, 1.807) is 55.6 Å². The first-order valence-corrected chi connectivity index (χ1v) is 12.3. The lowest BCUT2D eigenvalue weighted by molar-refractivity contribution is -0.192. The fraction of sp³-hybridized carbons (Fsp3) is 0.259. The molecule has 0 saturated heterocycles. The molecule has 7 N–H and O–H groups in total. The number of nitrogens with zero attached hydrogens (tertiary/aromatic N) is 1. The highest BCUT2D eigenvalue weighted by atomic mass is 19.4. The van der Waals surface area contributed by atoms with E-state index in [4.69, 9.17) is 30.5 Å². The molecule has 0 aliphatic rings. The number of pyridine rings is 1. The summed E-state index contributed by atoms with van der Waals surface area (Å²) < 4.78 is 58.4. The summed E-state index contributed by atoms with van der Waals surface area (Å²) in [5.74, 6) is -3.06. The van der Waals surface area contributed by atoms with E-state index >= 15 is 4.39 Å². The maximum Gasteiger partial charge on any atom is 0.490 e. The van der Waals surface area contributed by atoms with Crippen LogP contribution >= 0.6 is 0 Å². The molecule has 1 heterocycles. The van der Waals surface area contributed by atoms with Gasteiger partial charge < -0.3 is 25.6 Å². The number of benzene rings is 2. The zero-order valence-corrected chi connectivity index (χ0v) is 22.8. The molecule has 42 heavy (non-hydrogen) atoms. The van der Waals surface area contributed by atoms with Gasteiger partial charge in [-0.3, -0.25) is 21.1 Å². The number of amides is 1. The number of amidine groups is 1. The zero-order valence-electron chi connectivity index (χ0n) is 22.8. The van der Waals surface area contributed by atoms with Crippen molar-refractivity contribution in [1.29, 1.82) is 5.41 Å². The fourth-order valence-electron chi connectivity index (χ4n) is 3.22. The Balaban J connectivity index is 0.000000782. The van der Waals surface area contributed by atoms with Gasteiger partial charge in [-0.2, -0.15) is 13.2 Å². The summed E-state index contributed by atoms with van der Waals surface area (Å²) in [5, 5.41) is 17.7. The van der Waals surface area contributed by atoms with Crippen LogP contribution in [-0.4, -0.2) is 46.7 Å². The maximum absolute atomic E-state index is 15.3. The Bertz CT molecular complexity index is 1360. The smallest absolute Gasteiger partial charge is 0.490 e. The Labute approximate surface area is 238 Å². The Morgan fingerprint density at radius 1 is 1.10 bits per heavy atom. The number of halogens is 4. The van der Waals surface area contributed by atoms with Crippen molar-refractivity contribution in [3.8, 4) is 11.5 Å². The Kier molecular flexibility index (Phi) is 11.9. The summed E-state index contributed by atoms with van der Waals surface area (Å²) in [4.78, 5) is 26.2. The number of hydrogen-bond acceptors (Lipinski definition) is 8. The number of carboxylic acids is 1. The standard InChI is InChI=1S/C25H29FN6O3.C2HF3O2/c1-4-34-20-13-18(19(26)14-21(20)35-15(2)3)23(25(33)32-31-22-7-5-6-12-29-22)30-17-10-8-16(9-11-17)24(27)28;3-2(4,5)1(6)7/h5-15,23,30H,4H2,1-3H3,(H3,27,28)(H,29,31)(H,32,33);(H,6,7). The SMILES string of the molecule is CCOc1cc(C(Nc2ccc(C(=N)N)cc2)C(=O)NNc2ccccn2)c(F)cc1OC(C)C.O=C(O)C(F)(F)F. The number of carboxylic acid groups (broad SMARTS) is 1. The van der Waals surface area contributed by atoms with Crippen LogP contribution in [0.2, 0.25) is 0 Å². The van der Waals surface area contributed by atoms with Crippen LogP contribution in [-0.2, 0) is 9.59 Å². The lowest BCUT2D eigenvalue weighted by Gasteiger charge is -2.23. The number of hydrazine groups is 1. The van der Waals surface area contributed by atoms with Crippen molar-refractivity contribution >= 4 is 29.2 Å². The van der Waals surface area contributed by atoms with Crippen LogP contribution in [0.4, 0.5) is 29.1 Å². The lowest BCUT2D eigenvalue weighted by Crippen LogP contribution is -2.37. The molecule has 3 aromatic rings. The third-order valence-corrected chi connectivity index (χ3v) is 5.03. The second kappa shape index (κ2) is 15.1. The van der Waals surface area contributed by atoms with Gasteiger partial charge in [0, 0.05) is 29.1 Å². The van der Waals surface area contributed by atoms with E-state index < -0.39 is 29.9 Å². The van der Waals surface area contributed by atoms with Gasteiger partial charge in [-0.05, 0) is 63.2 Å². The molecule has 3 rings (SSSR count). The third-order valence-electron chi connectivity index (χ3n) is 5.03. The monoisotopic (exact) mass is 594 g/mol. The average Bonchev–Trinajstić information content (AvgIpc) is 2.92. The molecule has 0 fully saturated rings. The molecule has 0 bridgehead atoms. The first kappa shape index (κ1) is 33.1. The minimum absolute atomic E-state index is 0.0560. The number of carbonyl (C=O) groups excluding carboxylic acids is 1. The first-order chi connectivity index (χ1) is 19.7. The first-order valence-electron chi connectivity index (χ1n) is 12.3. The molecule has 0 aliphatic carbocycles. The summed E-state index contributed by atoms with van der Waals surface area (Å²) in [6.07, 6.45) is -3.71. The summed E-state index contributed by atoms with van der Waals surface area (Å²) in [6, 6.07) is 13.3. The van der Waals surface area contributed by atoms with Gasteiger partial charge in [0.2, 0.25) is 0 Å². The fourth-order valence-corrected chi connectivity index (χ4v) is 3.22. The van der Waals surface area contributed by atoms with Crippen molar-refractivity contribution in [2.75, 3.05) is 17.3 Å². The number of rotatable bonds is 11. The topological polar surface area (TPSA) is 172 Å². The highest BCUT2D eigenvalue weighted by Crippen LogP contribution is 2.35. The molecule has 1 amide bonds.